The molecular formula is C11H23N3O. The van der Waals surface area contributed by atoms with Crippen LogP contribution >= 0.6 is 0 Å². The van der Waals surface area contributed by atoms with Gasteiger partial charge in [0.1, 0.15) is 0 Å². The van der Waals surface area contributed by atoms with Crippen LogP contribution in [-0.2, 0) is 4.74 Å². The summed E-state index contributed by atoms with van der Waals surface area (Å²) in [5.41, 5.74) is 0. The zero-order chi connectivity index (χ0) is 11.1. The van der Waals surface area contributed by atoms with Crippen LogP contribution in [-0.4, -0.2) is 38.8 Å². The summed E-state index contributed by atoms with van der Waals surface area (Å²) in [7, 11) is 1.72. The highest BCUT2D eigenvalue weighted by molar-refractivity contribution is 5.80. The van der Waals surface area contributed by atoms with E-state index in [0.29, 0.717) is 6.04 Å². The van der Waals surface area contributed by atoms with Gasteiger partial charge in [0.25, 0.3) is 0 Å². The van der Waals surface area contributed by atoms with Crippen LogP contribution < -0.4 is 10.6 Å². The van der Waals surface area contributed by atoms with E-state index in [1.165, 1.54) is 6.42 Å². The third-order valence-electron chi connectivity index (χ3n) is 2.55. The maximum Gasteiger partial charge on any atom is 0.191 e. The molecule has 88 valence electrons. The fraction of sp³-hybridized carbons (Fsp3) is 0.909. The van der Waals surface area contributed by atoms with Gasteiger partial charge in [-0.05, 0) is 25.7 Å². The van der Waals surface area contributed by atoms with Crippen molar-refractivity contribution in [3.63, 3.8) is 0 Å². The number of aliphatic imine (C=N–C) groups is 1. The Morgan fingerprint density at radius 2 is 2.27 bits per heavy atom. The van der Waals surface area contributed by atoms with Crippen LogP contribution in [0.5, 0.6) is 0 Å². The molecule has 0 spiro atoms. The van der Waals surface area contributed by atoms with Crippen molar-refractivity contribution in [3.05, 3.63) is 0 Å². The Kier molecular flexibility index (Phi) is 5.47. The lowest BCUT2D eigenvalue weighted by atomic mass is 10.4. The second-order valence-corrected chi connectivity index (χ2v) is 4.07. The van der Waals surface area contributed by atoms with Gasteiger partial charge in [0.05, 0.1) is 0 Å². The third-order valence-corrected chi connectivity index (χ3v) is 2.55. The first kappa shape index (κ1) is 12.3. The number of rotatable bonds is 6. The largest absolute Gasteiger partial charge is 0.385 e. The Morgan fingerprint density at radius 3 is 2.80 bits per heavy atom. The highest BCUT2D eigenvalue weighted by Gasteiger charge is 2.33. The van der Waals surface area contributed by atoms with Gasteiger partial charge in [-0.25, -0.2) is 0 Å². The smallest absolute Gasteiger partial charge is 0.191 e. The Bertz CT molecular complexity index is 206. The van der Waals surface area contributed by atoms with Crippen molar-refractivity contribution in [2.75, 3.05) is 26.8 Å². The van der Waals surface area contributed by atoms with Crippen LogP contribution in [0, 0.1) is 5.92 Å². The fourth-order valence-corrected chi connectivity index (χ4v) is 1.42. The first-order chi connectivity index (χ1) is 7.27. The van der Waals surface area contributed by atoms with E-state index in [2.05, 4.69) is 29.5 Å². The van der Waals surface area contributed by atoms with Gasteiger partial charge in [-0.2, -0.15) is 0 Å². The Balaban J connectivity index is 2.21. The number of nitrogens with one attached hydrogen (secondary N) is 2. The molecule has 2 unspecified atom stereocenters. The van der Waals surface area contributed by atoms with E-state index in [9.17, 15) is 0 Å². The molecule has 2 N–H and O–H groups in total. The molecule has 1 fully saturated rings. The van der Waals surface area contributed by atoms with Crippen molar-refractivity contribution in [2.45, 2.75) is 32.7 Å². The molecule has 1 aliphatic rings. The average molecular weight is 213 g/mol. The Labute approximate surface area is 92.5 Å². The predicted molar refractivity (Wildman–Crippen MR) is 63.2 cm³/mol. The zero-order valence-electron chi connectivity index (χ0n) is 10.0. The van der Waals surface area contributed by atoms with Crippen molar-refractivity contribution in [1.82, 2.24) is 10.6 Å². The minimum Gasteiger partial charge on any atom is -0.385 e. The van der Waals surface area contributed by atoms with Crippen molar-refractivity contribution in [1.29, 1.82) is 0 Å². The lowest BCUT2D eigenvalue weighted by Crippen LogP contribution is -2.39. The summed E-state index contributed by atoms with van der Waals surface area (Å²) in [5.74, 6) is 1.75. The molecule has 0 radical (unpaired) electrons. The van der Waals surface area contributed by atoms with Gasteiger partial charge >= 0.3 is 0 Å². The van der Waals surface area contributed by atoms with E-state index in [0.717, 1.165) is 38.0 Å². The number of hydrogen-bond donors (Lipinski definition) is 2. The standard InChI is InChI=1S/C11H23N3O/c1-4-12-11(13-6-5-7-15-3)14-10-8-9(10)2/h9-10H,4-8H2,1-3H3,(H2,12,13,14). The van der Waals surface area contributed by atoms with Crippen LogP contribution in [0.1, 0.15) is 26.7 Å². The van der Waals surface area contributed by atoms with Gasteiger partial charge < -0.3 is 15.4 Å². The second-order valence-electron chi connectivity index (χ2n) is 4.07. The summed E-state index contributed by atoms with van der Waals surface area (Å²) >= 11 is 0. The van der Waals surface area contributed by atoms with Gasteiger partial charge in [-0.1, -0.05) is 6.92 Å². The third kappa shape index (κ3) is 5.02. The predicted octanol–water partition coefficient (Wildman–Crippen LogP) is 0.986. The first-order valence-corrected chi connectivity index (χ1v) is 5.81. The van der Waals surface area contributed by atoms with Crippen molar-refractivity contribution >= 4 is 5.96 Å². The summed E-state index contributed by atoms with van der Waals surface area (Å²) in [6.45, 7) is 6.86. The maximum absolute atomic E-state index is 4.98. The highest BCUT2D eigenvalue weighted by Crippen LogP contribution is 2.28. The van der Waals surface area contributed by atoms with Crippen molar-refractivity contribution in [3.8, 4) is 0 Å². The Morgan fingerprint density at radius 1 is 1.53 bits per heavy atom. The summed E-state index contributed by atoms with van der Waals surface area (Å²) in [6, 6.07) is 0.630. The van der Waals surface area contributed by atoms with Crippen molar-refractivity contribution < 1.29 is 4.74 Å². The number of methoxy groups -OCH3 is 1. The summed E-state index contributed by atoms with van der Waals surface area (Å²) < 4.78 is 4.98. The number of ether oxygens (including phenoxy) is 1. The number of hydrogen-bond acceptors (Lipinski definition) is 2. The molecule has 0 aromatic heterocycles. The van der Waals surface area contributed by atoms with Gasteiger partial charge in [0.15, 0.2) is 5.96 Å². The van der Waals surface area contributed by atoms with E-state index in [1.54, 1.807) is 7.11 Å². The fourth-order valence-electron chi connectivity index (χ4n) is 1.42. The summed E-state index contributed by atoms with van der Waals surface area (Å²) in [5, 5.41) is 6.67. The molecule has 0 aliphatic heterocycles. The summed E-state index contributed by atoms with van der Waals surface area (Å²) in [4.78, 5) is 4.48. The minimum atomic E-state index is 0.630. The molecule has 15 heavy (non-hydrogen) atoms. The monoisotopic (exact) mass is 213 g/mol. The molecule has 4 nitrogen and oxygen atoms in total. The zero-order valence-corrected chi connectivity index (χ0v) is 10.0. The van der Waals surface area contributed by atoms with Crippen molar-refractivity contribution in [2.24, 2.45) is 10.9 Å². The van der Waals surface area contributed by atoms with E-state index in [1.807, 2.05) is 0 Å². The molecule has 0 heterocycles. The average Bonchev–Trinajstić information content (AvgIpc) is 2.89. The van der Waals surface area contributed by atoms with Gasteiger partial charge in [-0.15, -0.1) is 0 Å². The van der Waals surface area contributed by atoms with Gasteiger partial charge in [0, 0.05) is 32.8 Å². The highest BCUT2D eigenvalue weighted by atomic mass is 16.5. The van der Waals surface area contributed by atoms with E-state index in [4.69, 9.17) is 4.74 Å². The van der Waals surface area contributed by atoms with Crippen LogP contribution in [0.25, 0.3) is 0 Å². The first-order valence-electron chi connectivity index (χ1n) is 5.81. The number of nitrogens with zero attached hydrogens (tertiary/aromatic N) is 1. The lowest BCUT2D eigenvalue weighted by Gasteiger charge is -2.10. The normalized spacial score (nSPS) is 25.1. The van der Waals surface area contributed by atoms with E-state index >= 15 is 0 Å². The van der Waals surface area contributed by atoms with Crippen LogP contribution in [0.4, 0.5) is 0 Å². The second kappa shape index (κ2) is 6.67. The minimum absolute atomic E-state index is 0.630. The molecule has 1 saturated carbocycles. The topological polar surface area (TPSA) is 45.7 Å². The maximum atomic E-state index is 4.98. The van der Waals surface area contributed by atoms with Crippen LogP contribution in [0.15, 0.2) is 4.99 Å². The molecule has 1 rings (SSSR count). The van der Waals surface area contributed by atoms with E-state index < -0.39 is 0 Å². The molecule has 2 atom stereocenters. The molecule has 0 aromatic rings. The van der Waals surface area contributed by atoms with Gasteiger partial charge in [-0.3, -0.25) is 4.99 Å². The molecule has 0 aromatic carbocycles. The van der Waals surface area contributed by atoms with Gasteiger partial charge in [0.2, 0.25) is 0 Å². The molecule has 1 aliphatic carbocycles. The molecule has 0 amide bonds. The Hall–Kier alpha value is -0.770. The SMILES string of the molecule is CCNC(=NCCCOC)NC1CC1C. The molecule has 4 heteroatoms. The molecule has 0 saturated heterocycles. The van der Waals surface area contributed by atoms with Crippen LogP contribution in [0.2, 0.25) is 0 Å². The molecule has 0 bridgehead atoms. The quantitative estimate of drug-likeness (QED) is 0.393. The number of guanidine groups is 1. The van der Waals surface area contributed by atoms with E-state index in [-0.39, 0.29) is 0 Å². The molecular weight excluding hydrogens is 190 g/mol. The van der Waals surface area contributed by atoms with Crippen LogP contribution in [0.3, 0.4) is 0 Å². The summed E-state index contributed by atoms with van der Waals surface area (Å²) in [6.07, 6.45) is 2.25. The lowest BCUT2D eigenvalue weighted by molar-refractivity contribution is 0.197.